The number of hydrogen-bond acceptors (Lipinski definition) is 8. The minimum Gasteiger partial charge on any atom is -0.481 e. The lowest BCUT2D eigenvalue weighted by Crippen LogP contribution is -2.50. The summed E-state index contributed by atoms with van der Waals surface area (Å²) in [5, 5.41) is 6.33. The zero-order valence-corrected chi connectivity index (χ0v) is 14.7. The highest BCUT2D eigenvalue weighted by molar-refractivity contribution is 6.08. The third-order valence-electron chi connectivity index (χ3n) is 4.24. The summed E-state index contributed by atoms with van der Waals surface area (Å²) < 4.78 is 10.1. The van der Waals surface area contributed by atoms with Gasteiger partial charge in [-0.3, -0.25) is 10.7 Å². The van der Waals surface area contributed by atoms with Gasteiger partial charge in [-0.1, -0.05) is 0 Å². The van der Waals surface area contributed by atoms with E-state index in [1.807, 2.05) is 6.92 Å². The molecule has 1 aromatic carbocycles. The maximum atomic E-state index is 11.3. The first kappa shape index (κ1) is 16.9. The highest BCUT2D eigenvalue weighted by atomic mass is 16.5. The topological polar surface area (TPSA) is 131 Å². The second kappa shape index (κ2) is 6.29. The van der Waals surface area contributed by atoms with Gasteiger partial charge in [0.15, 0.2) is 5.58 Å². The molecule has 0 spiro atoms. The summed E-state index contributed by atoms with van der Waals surface area (Å²) in [6, 6.07) is 8.80. The zero-order valence-electron chi connectivity index (χ0n) is 14.7. The summed E-state index contributed by atoms with van der Waals surface area (Å²) in [6.07, 6.45) is 3.40. The number of ether oxygens (including phenoxy) is 1. The standard InChI is InChI=1S/C18H18N6O3/c1-10-8-21-18(19,11-3-6-15(26-2)20-9-11)24-16(10)22-12-4-5-14-13(7-12)23-17(25)27-14/h3-9,21H,19H2,1-2H3,(H,22,24)(H,23,25). The van der Waals surface area contributed by atoms with Crippen molar-refractivity contribution >= 4 is 22.6 Å². The van der Waals surface area contributed by atoms with Crippen molar-refractivity contribution in [3.63, 3.8) is 0 Å². The fourth-order valence-electron chi connectivity index (χ4n) is 2.75. The van der Waals surface area contributed by atoms with Crippen LogP contribution in [0.5, 0.6) is 5.88 Å². The van der Waals surface area contributed by atoms with Crippen LogP contribution in [0.1, 0.15) is 12.5 Å². The average molecular weight is 366 g/mol. The summed E-state index contributed by atoms with van der Waals surface area (Å²) in [5.74, 6) is -0.577. The normalized spacial score (nSPS) is 19.2. The van der Waals surface area contributed by atoms with E-state index in [2.05, 4.69) is 25.6 Å². The molecule has 1 atom stereocenters. The number of rotatable bonds is 3. The van der Waals surface area contributed by atoms with Crippen LogP contribution in [0.15, 0.2) is 62.5 Å². The molecule has 5 N–H and O–H groups in total. The average Bonchev–Trinajstić information content (AvgIpc) is 3.04. The maximum absolute atomic E-state index is 11.3. The van der Waals surface area contributed by atoms with Gasteiger partial charge < -0.3 is 19.8 Å². The third-order valence-corrected chi connectivity index (χ3v) is 4.24. The maximum Gasteiger partial charge on any atom is 0.417 e. The Morgan fingerprint density at radius 2 is 2.15 bits per heavy atom. The third kappa shape index (κ3) is 3.15. The number of methoxy groups -OCH3 is 1. The SMILES string of the molecule is COc1ccc(C2(N)N=C(Nc3ccc4oc(=O)[nH]c4c3)C(C)=CN2)cn1. The van der Waals surface area contributed by atoms with Crippen LogP contribution >= 0.6 is 0 Å². The lowest BCUT2D eigenvalue weighted by atomic mass is 10.1. The molecule has 0 fully saturated rings. The van der Waals surface area contributed by atoms with E-state index < -0.39 is 11.5 Å². The van der Waals surface area contributed by atoms with Gasteiger partial charge in [-0.2, -0.15) is 0 Å². The van der Waals surface area contributed by atoms with E-state index in [-0.39, 0.29) is 0 Å². The Hall–Kier alpha value is -3.59. The summed E-state index contributed by atoms with van der Waals surface area (Å²) in [4.78, 5) is 22.8. The highest BCUT2D eigenvalue weighted by Crippen LogP contribution is 2.24. The predicted octanol–water partition coefficient (Wildman–Crippen LogP) is 1.61. The van der Waals surface area contributed by atoms with Crippen molar-refractivity contribution in [3.05, 3.63) is 64.4 Å². The van der Waals surface area contributed by atoms with E-state index >= 15 is 0 Å². The molecule has 4 rings (SSSR count). The Morgan fingerprint density at radius 1 is 1.30 bits per heavy atom. The van der Waals surface area contributed by atoms with Gasteiger partial charge in [-0.25, -0.2) is 14.8 Å². The monoisotopic (exact) mass is 366 g/mol. The molecule has 0 aliphatic carbocycles. The van der Waals surface area contributed by atoms with Crippen LogP contribution in [-0.4, -0.2) is 22.9 Å². The smallest absolute Gasteiger partial charge is 0.417 e. The van der Waals surface area contributed by atoms with E-state index in [9.17, 15) is 4.79 Å². The van der Waals surface area contributed by atoms with Gasteiger partial charge in [0.25, 0.3) is 0 Å². The first-order valence-corrected chi connectivity index (χ1v) is 8.21. The van der Waals surface area contributed by atoms with Crippen LogP contribution in [0, 0.1) is 0 Å². The molecular formula is C18H18N6O3. The predicted molar refractivity (Wildman–Crippen MR) is 101 cm³/mol. The number of fused-ring (bicyclic) bond motifs is 1. The molecule has 1 unspecified atom stereocenters. The van der Waals surface area contributed by atoms with Crippen molar-refractivity contribution < 1.29 is 9.15 Å². The largest absolute Gasteiger partial charge is 0.481 e. The molecule has 138 valence electrons. The molecule has 0 bridgehead atoms. The number of aromatic amines is 1. The van der Waals surface area contributed by atoms with Crippen LogP contribution in [0.4, 0.5) is 5.69 Å². The number of aliphatic imine (C=N–C) groups is 1. The van der Waals surface area contributed by atoms with E-state index in [1.54, 1.807) is 49.8 Å². The minimum atomic E-state index is -1.17. The Morgan fingerprint density at radius 3 is 2.89 bits per heavy atom. The Bertz CT molecular complexity index is 1110. The molecule has 9 nitrogen and oxygen atoms in total. The molecule has 0 saturated carbocycles. The van der Waals surface area contributed by atoms with Gasteiger partial charge in [0, 0.05) is 35.3 Å². The fourth-order valence-corrected chi connectivity index (χ4v) is 2.75. The van der Waals surface area contributed by atoms with Crippen LogP contribution in [0.2, 0.25) is 0 Å². The van der Waals surface area contributed by atoms with Gasteiger partial charge in [0.1, 0.15) is 5.84 Å². The minimum absolute atomic E-state index is 0.488. The Kier molecular flexibility index (Phi) is 3.93. The van der Waals surface area contributed by atoms with E-state index in [4.69, 9.17) is 14.9 Å². The zero-order chi connectivity index (χ0) is 19.0. The van der Waals surface area contributed by atoms with Crippen molar-refractivity contribution in [2.45, 2.75) is 12.7 Å². The molecule has 3 heterocycles. The number of anilines is 1. The lowest BCUT2D eigenvalue weighted by Gasteiger charge is -2.31. The molecule has 2 aromatic heterocycles. The Balaban J connectivity index is 1.66. The summed E-state index contributed by atoms with van der Waals surface area (Å²) in [7, 11) is 1.55. The number of nitrogens with one attached hydrogen (secondary N) is 3. The molecule has 3 aromatic rings. The van der Waals surface area contributed by atoms with E-state index in [0.717, 1.165) is 11.3 Å². The van der Waals surface area contributed by atoms with Crippen molar-refractivity contribution in [2.75, 3.05) is 12.4 Å². The number of pyridine rings is 1. The Labute approximate surface area is 154 Å². The first-order chi connectivity index (χ1) is 13.0. The second-order valence-electron chi connectivity index (χ2n) is 6.14. The first-order valence-electron chi connectivity index (χ1n) is 8.21. The van der Waals surface area contributed by atoms with Crippen LogP contribution in [-0.2, 0) is 5.79 Å². The van der Waals surface area contributed by atoms with Gasteiger partial charge in [0.2, 0.25) is 11.7 Å². The number of hydrogen-bond donors (Lipinski definition) is 4. The van der Waals surface area contributed by atoms with Crippen molar-refractivity contribution in [2.24, 2.45) is 10.7 Å². The molecule has 27 heavy (non-hydrogen) atoms. The molecule has 0 radical (unpaired) electrons. The molecule has 9 heteroatoms. The van der Waals surface area contributed by atoms with Crippen molar-refractivity contribution in [1.82, 2.24) is 15.3 Å². The molecule has 1 aliphatic heterocycles. The molecule has 1 aliphatic rings. The van der Waals surface area contributed by atoms with Gasteiger partial charge in [-0.05, 0) is 31.2 Å². The number of benzene rings is 1. The number of nitrogens with two attached hydrogens (primary N) is 1. The van der Waals surface area contributed by atoms with Crippen molar-refractivity contribution in [3.8, 4) is 5.88 Å². The number of aromatic nitrogens is 2. The lowest BCUT2D eigenvalue weighted by molar-refractivity contribution is 0.388. The number of H-pyrrole nitrogens is 1. The van der Waals surface area contributed by atoms with Crippen LogP contribution < -0.4 is 26.9 Å². The van der Waals surface area contributed by atoms with Gasteiger partial charge in [-0.15, -0.1) is 0 Å². The highest BCUT2D eigenvalue weighted by Gasteiger charge is 2.30. The van der Waals surface area contributed by atoms with E-state index in [0.29, 0.717) is 28.4 Å². The summed E-state index contributed by atoms with van der Waals surface area (Å²) in [5.41, 5.74) is 9.82. The second-order valence-corrected chi connectivity index (χ2v) is 6.14. The molecule has 0 saturated heterocycles. The van der Waals surface area contributed by atoms with Crippen molar-refractivity contribution in [1.29, 1.82) is 0 Å². The number of amidine groups is 1. The summed E-state index contributed by atoms with van der Waals surface area (Å²) >= 11 is 0. The molecule has 0 amide bonds. The van der Waals surface area contributed by atoms with Gasteiger partial charge >= 0.3 is 5.76 Å². The molecular weight excluding hydrogens is 348 g/mol. The number of nitrogens with zero attached hydrogens (tertiary/aromatic N) is 2. The van der Waals surface area contributed by atoms with E-state index in [1.165, 1.54) is 0 Å². The quantitative estimate of drug-likeness (QED) is 0.554. The van der Waals surface area contributed by atoms with Gasteiger partial charge in [0.05, 0.1) is 12.6 Å². The van der Waals surface area contributed by atoms with Crippen LogP contribution in [0.25, 0.3) is 11.1 Å². The van der Waals surface area contributed by atoms with Crippen LogP contribution in [0.3, 0.4) is 0 Å². The fraction of sp³-hybridized carbons (Fsp3) is 0.167. The summed E-state index contributed by atoms with van der Waals surface area (Å²) in [6.45, 7) is 1.91. The number of oxazole rings is 1.